The van der Waals surface area contributed by atoms with Gasteiger partial charge in [-0.1, -0.05) is 54.6 Å². The molecule has 0 fully saturated rings. The summed E-state index contributed by atoms with van der Waals surface area (Å²) in [5.74, 6) is 0.0613. The summed E-state index contributed by atoms with van der Waals surface area (Å²) in [4.78, 5) is 24.6. The molecule has 0 atom stereocenters. The lowest BCUT2D eigenvalue weighted by atomic mass is 10.1. The number of nitro benzene ring substituents is 1. The van der Waals surface area contributed by atoms with Gasteiger partial charge in [-0.2, -0.15) is 0 Å². The van der Waals surface area contributed by atoms with Crippen molar-refractivity contribution in [2.75, 3.05) is 12.4 Å². The van der Waals surface area contributed by atoms with Gasteiger partial charge in [0.05, 0.1) is 11.3 Å². The molecule has 3 aromatic carbocycles. The van der Waals surface area contributed by atoms with Crippen LogP contribution in [0.25, 0.3) is 0 Å². The van der Waals surface area contributed by atoms with Crippen molar-refractivity contribution in [2.24, 2.45) is 0 Å². The second-order valence-electron chi connectivity index (χ2n) is 6.89. The number of carbonyl (C=O) groups excluding carboxylic acids is 1. The van der Waals surface area contributed by atoms with Crippen LogP contribution in [0.2, 0.25) is 0 Å². The van der Waals surface area contributed by atoms with E-state index in [9.17, 15) is 14.9 Å². The summed E-state index contributed by atoms with van der Waals surface area (Å²) in [7, 11) is 1.81. The summed E-state index contributed by atoms with van der Waals surface area (Å²) in [6.07, 6.45) is 0.342. The van der Waals surface area contributed by atoms with Crippen molar-refractivity contribution in [3.8, 4) is 0 Å². The molecule has 0 spiro atoms. The van der Waals surface area contributed by atoms with Crippen LogP contribution in [0.4, 0.5) is 11.4 Å². The Hall–Kier alpha value is -3.67. The number of nitro groups is 1. The smallest absolute Gasteiger partial charge is 0.269 e. The number of hydrogen-bond donors (Lipinski definition) is 1. The van der Waals surface area contributed by atoms with E-state index in [1.807, 2.05) is 67.7 Å². The number of amides is 1. The van der Waals surface area contributed by atoms with Crippen LogP contribution in [0.5, 0.6) is 0 Å². The van der Waals surface area contributed by atoms with Gasteiger partial charge in [-0.15, -0.1) is 0 Å². The predicted molar refractivity (Wildman–Crippen MR) is 113 cm³/mol. The summed E-state index contributed by atoms with van der Waals surface area (Å²) in [5, 5.41) is 14.1. The van der Waals surface area contributed by atoms with E-state index in [4.69, 9.17) is 0 Å². The van der Waals surface area contributed by atoms with Gasteiger partial charge in [-0.25, -0.2) is 0 Å². The molecule has 1 amide bonds. The van der Waals surface area contributed by atoms with Gasteiger partial charge in [0.25, 0.3) is 5.69 Å². The molecule has 3 aromatic rings. The van der Waals surface area contributed by atoms with Crippen molar-refractivity contribution in [2.45, 2.75) is 19.5 Å². The number of nitrogens with zero attached hydrogens (tertiary/aromatic N) is 2. The summed E-state index contributed by atoms with van der Waals surface area (Å²) >= 11 is 0. The van der Waals surface area contributed by atoms with Gasteiger partial charge >= 0.3 is 0 Å². The normalized spacial score (nSPS) is 10.4. The van der Waals surface area contributed by atoms with Crippen molar-refractivity contribution >= 4 is 17.3 Å². The average molecular weight is 389 g/mol. The molecular weight excluding hydrogens is 366 g/mol. The van der Waals surface area contributed by atoms with Gasteiger partial charge < -0.3 is 10.2 Å². The predicted octanol–water partition coefficient (Wildman–Crippen LogP) is 4.41. The van der Waals surface area contributed by atoms with Crippen molar-refractivity contribution in [1.82, 2.24) is 4.90 Å². The number of hydrogen-bond acceptors (Lipinski definition) is 4. The van der Waals surface area contributed by atoms with E-state index >= 15 is 0 Å². The highest BCUT2D eigenvalue weighted by molar-refractivity contribution is 5.78. The number of rotatable bonds is 8. The van der Waals surface area contributed by atoms with Crippen molar-refractivity contribution in [3.05, 3.63) is 106 Å². The highest BCUT2D eigenvalue weighted by Crippen LogP contribution is 2.16. The first-order chi connectivity index (χ1) is 14.0. The van der Waals surface area contributed by atoms with Crippen LogP contribution in [0.15, 0.2) is 78.9 Å². The van der Waals surface area contributed by atoms with Crippen molar-refractivity contribution < 1.29 is 9.72 Å². The average Bonchev–Trinajstić information content (AvgIpc) is 2.74. The number of benzene rings is 3. The van der Waals surface area contributed by atoms with Gasteiger partial charge in [0, 0.05) is 38.0 Å². The van der Waals surface area contributed by atoms with Gasteiger partial charge in [0.2, 0.25) is 5.91 Å². The standard InChI is InChI=1S/C23H23N3O3/c1-25(17-19-6-3-2-4-7-19)23(27)15-18-10-12-21(13-11-18)24-16-20-8-5-9-22(14-20)26(28)29/h2-14,24H,15-17H2,1H3. The highest BCUT2D eigenvalue weighted by Gasteiger charge is 2.10. The Morgan fingerprint density at radius 2 is 1.62 bits per heavy atom. The second-order valence-corrected chi connectivity index (χ2v) is 6.89. The Morgan fingerprint density at radius 1 is 0.931 bits per heavy atom. The lowest BCUT2D eigenvalue weighted by molar-refractivity contribution is -0.384. The molecule has 0 saturated carbocycles. The van der Waals surface area contributed by atoms with Crippen LogP contribution in [-0.4, -0.2) is 22.8 Å². The van der Waals surface area contributed by atoms with Crippen LogP contribution >= 0.6 is 0 Å². The maximum absolute atomic E-state index is 12.5. The number of likely N-dealkylation sites (N-methyl/N-ethyl adjacent to an activating group) is 1. The summed E-state index contributed by atoms with van der Waals surface area (Å²) in [6, 6.07) is 24.1. The van der Waals surface area contributed by atoms with Crippen LogP contribution in [0.3, 0.4) is 0 Å². The number of nitrogens with one attached hydrogen (secondary N) is 1. The largest absolute Gasteiger partial charge is 0.381 e. The van der Waals surface area contributed by atoms with Crippen molar-refractivity contribution in [1.29, 1.82) is 0 Å². The van der Waals surface area contributed by atoms with E-state index in [1.54, 1.807) is 17.0 Å². The van der Waals surface area contributed by atoms with E-state index in [0.29, 0.717) is 19.5 Å². The Morgan fingerprint density at radius 3 is 2.31 bits per heavy atom. The Labute approximate surface area is 169 Å². The third-order valence-corrected chi connectivity index (χ3v) is 4.62. The molecular formula is C23H23N3O3. The SMILES string of the molecule is CN(Cc1ccccc1)C(=O)Cc1ccc(NCc2cccc([N+](=O)[O-])c2)cc1. The first-order valence-electron chi connectivity index (χ1n) is 9.35. The zero-order valence-electron chi connectivity index (χ0n) is 16.2. The second kappa shape index (κ2) is 9.50. The van der Waals surface area contributed by atoms with Crippen LogP contribution in [0, 0.1) is 10.1 Å². The molecule has 1 N–H and O–H groups in total. The zero-order chi connectivity index (χ0) is 20.6. The van der Waals surface area contributed by atoms with Gasteiger partial charge in [-0.05, 0) is 28.8 Å². The molecule has 0 saturated heterocycles. The lowest BCUT2D eigenvalue weighted by Gasteiger charge is -2.17. The fraction of sp³-hybridized carbons (Fsp3) is 0.174. The van der Waals surface area contributed by atoms with Crippen LogP contribution in [-0.2, 0) is 24.3 Å². The van der Waals surface area contributed by atoms with Gasteiger partial charge in [-0.3, -0.25) is 14.9 Å². The van der Waals surface area contributed by atoms with E-state index in [0.717, 1.165) is 22.4 Å². The third kappa shape index (κ3) is 5.90. The monoisotopic (exact) mass is 389 g/mol. The van der Waals surface area contributed by atoms with Gasteiger partial charge in [0.15, 0.2) is 0 Å². The van der Waals surface area contributed by atoms with Crippen molar-refractivity contribution in [3.63, 3.8) is 0 Å². The molecule has 29 heavy (non-hydrogen) atoms. The van der Waals surface area contributed by atoms with Crippen LogP contribution < -0.4 is 5.32 Å². The first kappa shape index (κ1) is 20.1. The summed E-state index contributed by atoms with van der Waals surface area (Å²) < 4.78 is 0. The maximum Gasteiger partial charge on any atom is 0.269 e. The molecule has 3 rings (SSSR count). The molecule has 0 aromatic heterocycles. The maximum atomic E-state index is 12.5. The fourth-order valence-electron chi connectivity index (χ4n) is 2.98. The minimum atomic E-state index is -0.399. The summed E-state index contributed by atoms with van der Waals surface area (Å²) in [5.41, 5.74) is 3.85. The molecule has 0 unspecified atom stereocenters. The third-order valence-electron chi connectivity index (χ3n) is 4.62. The molecule has 6 heteroatoms. The topological polar surface area (TPSA) is 75.5 Å². The van der Waals surface area contributed by atoms with Crippen LogP contribution in [0.1, 0.15) is 16.7 Å². The molecule has 0 bridgehead atoms. The Bertz CT molecular complexity index is 972. The molecule has 0 heterocycles. The quantitative estimate of drug-likeness (QED) is 0.457. The minimum absolute atomic E-state index is 0.0613. The van der Waals surface area contributed by atoms with Gasteiger partial charge in [0.1, 0.15) is 0 Å². The van der Waals surface area contributed by atoms with E-state index in [2.05, 4.69) is 5.32 Å². The number of carbonyl (C=O) groups is 1. The minimum Gasteiger partial charge on any atom is -0.381 e. The lowest BCUT2D eigenvalue weighted by Crippen LogP contribution is -2.27. The molecule has 148 valence electrons. The molecule has 0 aliphatic carbocycles. The molecule has 0 aliphatic heterocycles. The Balaban J connectivity index is 1.52. The fourth-order valence-corrected chi connectivity index (χ4v) is 2.98. The zero-order valence-corrected chi connectivity index (χ0v) is 16.2. The molecule has 6 nitrogen and oxygen atoms in total. The molecule has 0 aliphatic rings. The molecule has 0 radical (unpaired) electrons. The Kier molecular flexibility index (Phi) is 6.58. The van der Waals surface area contributed by atoms with E-state index in [1.165, 1.54) is 6.07 Å². The van der Waals surface area contributed by atoms with E-state index in [-0.39, 0.29) is 11.6 Å². The number of non-ortho nitro benzene ring substituents is 1. The first-order valence-corrected chi connectivity index (χ1v) is 9.35. The number of anilines is 1. The summed E-state index contributed by atoms with van der Waals surface area (Å²) in [6.45, 7) is 1.07. The van der Waals surface area contributed by atoms with E-state index < -0.39 is 4.92 Å². The highest BCUT2D eigenvalue weighted by atomic mass is 16.6.